The van der Waals surface area contributed by atoms with E-state index in [1.165, 1.54) is 17.7 Å². The number of anilines is 1. The highest BCUT2D eigenvalue weighted by molar-refractivity contribution is 6.30. The maximum absolute atomic E-state index is 14.8. The number of nitrogens with zero attached hydrogens (tertiary/aromatic N) is 4. The van der Waals surface area contributed by atoms with Crippen molar-refractivity contribution in [2.24, 2.45) is 5.92 Å². The number of hydrogen-bond donors (Lipinski definition) is 1. The van der Waals surface area contributed by atoms with Gasteiger partial charge in [-0.05, 0) is 54.3 Å². The Balaban J connectivity index is 1.33. The fraction of sp³-hybridized carbons (Fsp3) is 0.370. The summed E-state index contributed by atoms with van der Waals surface area (Å²) in [6.45, 7) is 2.64. The van der Waals surface area contributed by atoms with E-state index in [-0.39, 0.29) is 11.9 Å². The van der Waals surface area contributed by atoms with Crippen LogP contribution in [0.5, 0.6) is 0 Å². The van der Waals surface area contributed by atoms with Gasteiger partial charge in [0.2, 0.25) is 5.91 Å². The quantitative estimate of drug-likeness (QED) is 0.555. The van der Waals surface area contributed by atoms with Gasteiger partial charge in [-0.2, -0.15) is 5.10 Å². The fourth-order valence-corrected chi connectivity index (χ4v) is 5.45. The maximum Gasteiger partial charge on any atom is 0.228 e. The third kappa shape index (κ3) is 5.34. The molecule has 2 aliphatic rings. The van der Waals surface area contributed by atoms with Crippen LogP contribution in [0.3, 0.4) is 0 Å². The summed E-state index contributed by atoms with van der Waals surface area (Å²) in [5.74, 6) is -1.52. The fourth-order valence-electron chi connectivity index (χ4n) is 5.33. The number of benzene rings is 2. The van der Waals surface area contributed by atoms with E-state index in [2.05, 4.69) is 15.5 Å². The first-order valence-corrected chi connectivity index (χ1v) is 12.6. The maximum atomic E-state index is 14.8. The molecule has 2 aliphatic heterocycles. The van der Waals surface area contributed by atoms with Crippen LogP contribution in [0.15, 0.2) is 60.8 Å². The SMILES string of the molecule is O=C([C@@H]1CN(c2cccnn2)C[C@H]1c1ccc(F)cc1F)N1CCCC(c2ccc(Cl)cc2)NCC1. The number of hydrogen-bond acceptors (Lipinski definition) is 5. The Labute approximate surface area is 214 Å². The summed E-state index contributed by atoms with van der Waals surface area (Å²) >= 11 is 6.03. The molecular weight excluding hydrogens is 484 g/mol. The minimum atomic E-state index is -0.631. The van der Waals surface area contributed by atoms with Crippen molar-refractivity contribution in [2.75, 3.05) is 37.6 Å². The average Bonchev–Trinajstić information content (AvgIpc) is 3.30. The molecule has 188 valence electrons. The molecule has 9 heteroatoms. The minimum absolute atomic E-state index is 0.0122. The normalized spacial score (nSPS) is 22.8. The van der Waals surface area contributed by atoms with E-state index in [9.17, 15) is 13.6 Å². The Bertz CT molecular complexity index is 1190. The third-order valence-electron chi connectivity index (χ3n) is 7.16. The van der Waals surface area contributed by atoms with Crippen LogP contribution in [-0.2, 0) is 4.79 Å². The highest BCUT2D eigenvalue weighted by Gasteiger charge is 2.42. The number of carbonyl (C=O) groups excluding carboxylic acids is 1. The number of nitrogens with one attached hydrogen (secondary N) is 1. The van der Waals surface area contributed by atoms with Crippen LogP contribution >= 0.6 is 11.6 Å². The second kappa shape index (κ2) is 10.9. The van der Waals surface area contributed by atoms with Crippen molar-refractivity contribution in [1.82, 2.24) is 20.4 Å². The van der Waals surface area contributed by atoms with E-state index in [1.807, 2.05) is 40.1 Å². The zero-order valence-electron chi connectivity index (χ0n) is 19.8. The largest absolute Gasteiger partial charge is 0.354 e. The van der Waals surface area contributed by atoms with E-state index in [0.717, 1.165) is 18.9 Å². The van der Waals surface area contributed by atoms with E-state index in [0.29, 0.717) is 49.1 Å². The molecule has 0 saturated carbocycles. The van der Waals surface area contributed by atoms with Gasteiger partial charge in [0.1, 0.15) is 11.6 Å². The van der Waals surface area contributed by atoms with Gasteiger partial charge < -0.3 is 15.1 Å². The molecule has 6 nitrogen and oxygen atoms in total. The Morgan fingerprint density at radius 1 is 1.06 bits per heavy atom. The van der Waals surface area contributed by atoms with Gasteiger partial charge in [0.15, 0.2) is 5.82 Å². The van der Waals surface area contributed by atoms with Gasteiger partial charge >= 0.3 is 0 Å². The summed E-state index contributed by atoms with van der Waals surface area (Å²) in [5, 5.41) is 12.4. The molecule has 1 N–H and O–H groups in total. The predicted octanol–water partition coefficient (Wildman–Crippen LogP) is 4.58. The summed E-state index contributed by atoms with van der Waals surface area (Å²) in [7, 11) is 0. The van der Waals surface area contributed by atoms with Gasteiger partial charge in [0.25, 0.3) is 0 Å². The summed E-state index contributed by atoms with van der Waals surface area (Å²) in [4.78, 5) is 17.7. The van der Waals surface area contributed by atoms with Crippen molar-refractivity contribution in [3.05, 3.63) is 88.6 Å². The molecule has 0 bridgehead atoms. The molecule has 3 aromatic rings. The third-order valence-corrected chi connectivity index (χ3v) is 7.41. The lowest BCUT2D eigenvalue weighted by molar-refractivity contribution is -0.135. The second-order valence-electron chi connectivity index (χ2n) is 9.39. The molecule has 1 unspecified atom stereocenters. The first kappa shape index (κ1) is 24.6. The van der Waals surface area contributed by atoms with Gasteiger partial charge in [0, 0.05) is 62.0 Å². The smallest absolute Gasteiger partial charge is 0.228 e. The van der Waals surface area contributed by atoms with Crippen molar-refractivity contribution >= 4 is 23.3 Å². The van der Waals surface area contributed by atoms with Crippen molar-refractivity contribution in [3.63, 3.8) is 0 Å². The zero-order valence-corrected chi connectivity index (χ0v) is 20.5. The Morgan fingerprint density at radius 2 is 1.89 bits per heavy atom. The number of rotatable bonds is 4. The van der Waals surface area contributed by atoms with Crippen molar-refractivity contribution in [3.8, 4) is 0 Å². The molecule has 36 heavy (non-hydrogen) atoms. The summed E-state index contributed by atoms with van der Waals surface area (Å²) in [5.41, 5.74) is 1.54. The minimum Gasteiger partial charge on any atom is -0.354 e. The topological polar surface area (TPSA) is 61.4 Å². The monoisotopic (exact) mass is 511 g/mol. The van der Waals surface area contributed by atoms with Crippen LogP contribution in [-0.4, -0.2) is 53.7 Å². The van der Waals surface area contributed by atoms with Crippen LogP contribution in [0.4, 0.5) is 14.6 Å². The van der Waals surface area contributed by atoms with E-state index in [1.54, 1.807) is 12.3 Å². The van der Waals surface area contributed by atoms with Gasteiger partial charge in [-0.1, -0.05) is 29.8 Å². The zero-order chi connectivity index (χ0) is 25.1. The molecule has 3 atom stereocenters. The van der Waals surface area contributed by atoms with Gasteiger partial charge in [-0.15, -0.1) is 5.10 Å². The Morgan fingerprint density at radius 3 is 2.64 bits per heavy atom. The first-order valence-electron chi connectivity index (χ1n) is 12.2. The lowest BCUT2D eigenvalue weighted by Gasteiger charge is -2.32. The van der Waals surface area contributed by atoms with E-state index in [4.69, 9.17) is 11.6 Å². The molecule has 0 aliphatic carbocycles. The lowest BCUT2D eigenvalue weighted by atomic mass is 9.87. The Kier molecular flexibility index (Phi) is 7.43. The summed E-state index contributed by atoms with van der Waals surface area (Å²) < 4.78 is 28.5. The number of amides is 1. The summed E-state index contributed by atoms with van der Waals surface area (Å²) in [6.07, 6.45) is 3.31. The molecule has 2 saturated heterocycles. The van der Waals surface area contributed by atoms with Crippen molar-refractivity contribution in [1.29, 1.82) is 0 Å². The van der Waals surface area contributed by atoms with Crippen LogP contribution < -0.4 is 10.2 Å². The molecule has 0 radical (unpaired) electrons. The number of carbonyl (C=O) groups is 1. The summed E-state index contributed by atoms with van der Waals surface area (Å²) in [6, 6.07) is 15.3. The van der Waals surface area contributed by atoms with Crippen LogP contribution in [0, 0.1) is 17.6 Å². The molecule has 5 rings (SSSR count). The van der Waals surface area contributed by atoms with E-state index >= 15 is 0 Å². The number of halogens is 3. The second-order valence-corrected chi connectivity index (χ2v) is 9.83. The average molecular weight is 512 g/mol. The molecule has 1 aromatic heterocycles. The van der Waals surface area contributed by atoms with Crippen LogP contribution in [0.25, 0.3) is 0 Å². The lowest BCUT2D eigenvalue weighted by Crippen LogP contribution is -2.45. The predicted molar refractivity (Wildman–Crippen MR) is 135 cm³/mol. The van der Waals surface area contributed by atoms with Crippen LogP contribution in [0.1, 0.15) is 35.9 Å². The van der Waals surface area contributed by atoms with Crippen LogP contribution in [0.2, 0.25) is 5.02 Å². The van der Waals surface area contributed by atoms with Crippen molar-refractivity contribution in [2.45, 2.75) is 24.8 Å². The highest BCUT2D eigenvalue weighted by atomic mass is 35.5. The first-order chi connectivity index (χ1) is 17.5. The molecule has 2 fully saturated rings. The Hall–Kier alpha value is -3.10. The van der Waals surface area contributed by atoms with Gasteiger partial charge in [-0.25, -0.2) is 8.78 Å². The standard InChI is InChI=1S/C27H28ClF2N5O/c28-19-7-5-18(6-8-19)25-3-2-13-34(14-12-31-25)27(36)23-17-35(26-4-1-11-32-33-26)16-22(23)21-10-9-20(29)15-24(21)30/h1,4-11,15,22-23,25,31H,2-3,12-14,16-17H2/t22-,23+,25?/m0/s1. The molecular formula is C27H28ClF2N5O. The molecule has 1 amide bonds. The highest BCUT2D eigenvalue weighted by Crippen LogP contribution is 2.37. The molecule has 0 spiro atoms. The molecule has 2 aromatic carbocycles. The van der Waals surface area contributed by atoms with Gasteiger partial charge in [-0.3, -0.25) is 4.79 Å². The van der Waals surface area contributed by atoms with Gasteiger partial charge in [0.05, 0.1) is 5.92 Å². The molecule has 3 heterocycles. The van der Waals surface area contributed by atoms with E-state index < -0.39 is 23.5 Å². The number of aromatic nitrogens is 2. The van der Waals surface area contributed by atoms with Crippen molar-refractivity contribution < 1.29 is 13.6 Å².